The molecule has 1 aromatic heterocycles. The molecule has 1 aliphatic rings. The summed E-state index contributed by atoms with van der Waals surface area (Å²) in [6.45, 7) is 5.36. The summed E-state index contributed by atoms with van der Waals surface area (Å²) in [6, 6.07) is 0. The lowest BCUT2D eigenvalue weighted by molar-refractivity contribution is 0.119. The number of aryl methyl sites for hydroxylation is 2. The Labute approximate surface area is 102 Å². The Hall–Kier alpha value is -0.940. The molecule has 1 aliphatic heterocycles. The van der Waals surface area contributed by atoms with E-state index in [0.29, 0.717) is 18.4 Å². The number of aliphatic hydroxyl groups excluding tert-OH is 1. The van der Waals surface area contributed by atoms with E-state index in [1.165, 1.54) is 6.42 Å². The first-order valence-corrected chi connectivity index (χ1v) is 6.40. The summed E-state index contributed by atoms with van der Waals surface area (Å²) in [4.78, 5) is 2.42. The fraction of sp³-hybridized carbons (Fsp3) is 0.833. The Morgan fingerprint density at radius 3 is 3.06 bits per heavy atom. The van der Waals surface area contributed by atoms with Crippen molar-refractivity contribution in [3.8, 4) is 0 Å². The molecule has 1 saturated heterocycles. The van der Waals surface area contributed by atoms with Crippen LogP contribution in [0.5, 0.6) is 0 Å². The van der Waals surface area contributed by atoms with Gasteiger partial charge >= 0.3 is 0 Å². The summed E-state index contributed by atoms with van der Waals surface area (Å²) in [7, 11) is 0. The van der Waals surface area contributed by atoms with Gasteiger partial charge in [-0.1, -0.05) is 0 Å². The molecule has 1 unspecified atom stereocenters. The minimum absolute atomic E-state index is 0.319. The highest BCUT2D eigenvalue weighted by molar-refractivity contribution is 4.80. The molecule has 96 valence electrons. The topological polar surface area (TPSA) is 62.4 Å². The second-order valence-electron chi connectivity index (χ2n) is 4.81. The zero-order valence-electron chi connectivity index (χ0n) is 10.4. The molecule has 1 aromatic rings. The van der Waals surface area contributed by atoms with Gasteiger partial charge in [0.1, 0.15) is 0 Å². The molecule has 0 bridgehead atoms. The average Bonchev–Trinajstić information content (AvgIpc) is 2.75. The third kappa shape index (κ3) is 3.78. The second kappa shape index (κ2) is 6.12. The number of nitrogens with zero attached hydrogens (tertiary/aromatic N) is 3. The molecule has 1 N–H and O–H groups in total. The molecule has 2 heterocycles. The fourth-order valence-electron chi connectivity index (χ4n) is 2.40. The normalized spacial score (nSPS) is 21.9. The smallest absolute Gasteiger partial charge is 0.216 e. The molecule has 1 atom stereocenters. The summed E-state index contributed by atoms with van der Waals surface area (Å²) in [5.41, 5.74) is 0. The zero-order valence-corrected chi connectivity index (χ0v) is 10.4. The minimum atomic E-state index is 0.319. The maximum absolute atomic E-state index is 9.16. The maximum atomic E-state index is 9.16. The third-order valence-corrected chi connectivity index (χ3v) is 3.29. The van der Waals surface area contributed by atoms with Gasteiger partial charge in [-0.2, -0.15) is 0 Å². The Balaban J connectivity index is 1.68. The molecule has 0 saturated carbocycles. The van der Waals surface area contributed by atoms with Gasteiger partial charge in [0.05, 0.1) is 0 Å². The summed E-state index contributed by atoms with van der Waals surface area (Å²) in [6.07, 6.45) is 4.25. The number of aliphatic hydroxyl groups is 1. The van der Waals surface area contributed by atoms with Crippen LogP contribution in [-0.2, 0) is 6.42 Å². The van der Waals surface area contributed by atoms with Gasteiger partial charge in [-0.15, -0.1) is 10.2 Å². The molecule has 5 heteroatoms. The molecular formula is C12H21N3O2. The zero-order chi connectivity index (χ0) is 12.1. The predicted molar refractivity (Wildman–Crippen MR) is 63.6 cm³/mol. The first-order valence-electron chi connectivity index (χ1n) is 6.40. The Bertz CT molecular complexity index is 340. The van der Waals surface area contributed by atoms with Crippen LogP contribution in [-0.4, -0.2) is 46.4 Å². The Morgan fingerprint density at radius 2 is 2.35 bits per heavy atom. The van der Waals surface area contributed by atoms with Crippen LogP contribution in [0.15, 0.2) is 4.42 Å². The van der Waals surface area contributed by atoms with E-state index in [4.69, 9.17) is 9.52 Å². The van der Waals surface area contributed by atoms with Crippen LogP contribution in [0.25, 0.3) is 0 Å². The van der Waals surface area contributed by atoms with E-state index in [-0.39, 0.29) is 0 Å². The van der Waals surface area contributed by atoms with E-state index >= 15 is 0 Å². The quantitative estimate of drug-likeness (QED) is 0.831. The number of rotatable bonds is 5. The van der Waals surface area contributed by atoms with Gasteiger partial charge in [-0.05, 0) is 38.3 Å². The lowest BCUT2D eigenvalue weighted by Gasteiger charge is -2.31. The van der Waals surface area contributed by atoms with Crippen LogP contribution in [0, 0.1) is 12.8 Å². The molecule has 0 aromatic carbocycles. The van der Waals surface area contributed by atoms with Gasteiger partial charge < -0.3 is 14.4 Å². The van der Waals surface area contributed by atoms with E-state index in [0.717, 1.165) is 44.8 Å². The van der Waals surface area contributed by atoms with Crippen molar-refractivity contribution in [2.75, 3.05) is 26.2 Å². The summed E-state index contributed by atoms with van der Waals surface area (Å²) in [5, 5.41) is 17.0. The van der Waals surface area contributed by atoms with E-state index < -0.39 is 0 Å². The predicted octanol–water partition coefficient (Wildman–Crippen LogP) is 1.01. The third-order valence-electron chi connectivity index (χ3n) is 3.29. The van der Waals surface area contributed by atoms with Gasteiger partial charge in [-0.25, -0.2) is 0 Å². The molecule has 17 heavy (non-hydrogen) atoms. The molecule has 5 nitrogen and oxygen atoms in total. The van der Waals surface area contributed by atoms with Crippen molar-refractivity contribution in [1.82, 2.24) is 15.1 Å². The Morgan fingerprint density at radius 1 is 1.47 bits per heavy atom. The van der Waals surface area contributed by atoms with E-state index in [9.17, 15) is 0 Å². The lowest BCUT2D eigenvalue weighted by atomic mass is 9.99. The molecule has 0 radical (unpaired) electrons. The average molecular weight is 239 g/mol. The van der Waals surface area contributed by atoms with E-state index in [1.807, 2.05) is 6.92 Å². The van der Waals surface area contributed by atoms with Crippen LogP contribution in [0.4, 0.5) is 0 Å². The van der Waals surface area contributed by atoms with Gasteiger partial charge in [-0.3, -0.25) is 0 Å². The summed E-state index contributed by atoms with van der Waals surface area (Å²) >= 11 is 0. The number of likely N-dealkylation sites (tertiary alicyclic amines) is 1. The van der Waals surface area contributed by atoms with Crippen molar-refractivity contribution in [3.63, 3.8) is 0 Å². The first kappa shape index (κ1) is 12.5. The molecule has 0 amide bonds. The van der Waals surface area contributed by atoms with E-state index in [2.05, 4.69) is 15.1 Å². The van der Waals surface area contributed by atoms with Gasteiger partial charge in [0.25, 0.3) is 0 Å². The van der Waals surface area contributed by atoms with Crippen LogP contribution < -0.4 is 0 Å². The molecule has 2 rings (SSSR count). The van der Waals surface area contributed by atoms with Crippen molar-refractivity contribution >= 4 is 0 Å². The van der Waals surface area contributed by atoms with Gasteiger partial charge in [0.2, 0.25) is 11.8 Å². The first-order chi connectivity index (χ1) is 8.28. The number of hydrogen-bond acceptors (Lipinski definition) is 5. The second-order valence-corrected chi connectivity index (χ2v) is 4.81. The van der Waals surface area contributed by atoms with E-state index in [1.54, 1.807) is 0 Å². The fourth-order valence-corrected chi connectivity index (χ4v) is 2.40. The number of hydrogen-bond donors (Lipinski definition) is 1. The standard InChI is InChI=1S/C12H21N3O2/c1-10-13-14-12(17-10)5-3-7-15-6-2-4-11(8-15)9-16/h11,16H,2-9H2,1H3. The van der Waals surface area contributed by atoms with Gasteiger partial charge in [0, 0.05) is 26.5 Å². The molecule has 0 spiro atoms. The maximum Gasteiger partial charge on any atom is 0.216 e. The van der Waals surface area contributed by atoms with Crippen molar-refractivity contribution in [2.24, 2.45) is 5.92 Å². The minimum Gasteiger partial charge on any atom is -0.426 e. The molecular weight excluding hydrogens is 218 g/mol. The molecule has 0 aliphatic carbocycles. The highest BCUT2D eigenvalue weighted by Crippen LogP contribution is 2.16. The molecule has 1 fully saturated rings. The Kier molecular flexibility index (Phi) is 4.50. The van der Waals surface area contributed by atoms with Gasteiger partial charge in [0.15, 0.2) is 0 Å². The number of aromatic nitrogens is 2. The van der Waals surface area contributed by atoms with Crippen molar-refractivity contribution in [1.29, 1.82) is 0 Å². The van der Waals surface area contributed by atoms with Crippen molar-refractivity contribution < 1.29 is 9.52 Å². The highest BCUT2D eigenvalue weighted by atomic mass is 16.4. The summed E-state index contributed by atoms with van der Waals surface area (Å²) < 4.78 is 5.33. The van der Waals surface area contributed by atoms with Crippen LogP contribution in [0.1, 0.15) is 31.0 Å². The monoisotopic (exact) mass is 239 g/mol. The van der Waals surface area contributed by atoms with Crippen molar-refractivity contribution in [2.45, 2.75) is 32.6 Å². The van der Waals surface area contributed by atoms with Crippen LogP contribution in [0.3, 0.4) is 0 Å². The summed E-state index contributed by atoms with van der Waals surface area (Å²) in [5.74, 6) is 1.84. The van der Waals surface area contributed by atoms with Crippen molar-refractivity contribution in [3.05, 3.63) is 11.8 Å². The SMILES string of the molecule is Cc1nnc(CCCN2CCCC(CO)C2)o1. The lowest BCUT2D eigenvalue weighted by Crippen LogP contribution is -2.37. The van der Waals surface area contributed by atoms with Crippen LogP contribution in [0.2, 0.25) is 0 Å². The highest BCUT2D eigenvalue weighted by Gasteiger charge is 2.18. The van der Waals surface area contributed by atoms with Crippen LogP contribution >= 0.6 is 0 Å². The largest absolute Gasteiger partial charge is 0.426 e. The number of piperidine rings is 1.